The van der Waals surface area contributed by atoms with Gasteiger partial charge in [-0.25, -0.2) is 4.99 Å². The van der Waals surface area contributed by atoms with Crippen LogP contribution in [-0.2, 0) is 12.8 Å². The molecule has 0 spiro atoms. The number of phenols is 1. The SMILES string of the molecule is Oc1cc(Cl)cc2c1N=C(Nc1ccc3c(c1)CCC3)NS2. The Morgan fingerprint density at radius 2 is 2.05 bits per heavy atom. The van der Waals surface area contributed by atoms with Gasteiger partial charge in [-0.15, -0.1) is 0 Å². The maximum Gasteiger partial charge on any atom is 0.211 e. The zero-order valence-electron chi connectivity index (χ0n) is 11.7. The normalized spacial score (nSPS) is 15.6. The lowest BCUT2D eigenvalue weighted by Gasteiger charge is -2.19. The molecule has 1 heterocycles. The number of aryl methyl sites for hydroxylation is 2. The van der Waals surface area contributed by atoms with E-state index in [0.717, 1.165) is 17.0 Å². The van der Waals surface area contributed by atoms with Crippen LogP contribution in [0.3, 0.4) is 0 Å². The third-order valence-electron chi connectivity index (χ3n) is 3.86. The van der Waals surface area contributed by atoms with E-state index in [-0.39, 0.29) is 5.75 Å². The van der Waals surface area contributed by atoms with Gasteiger partial charge in [0.1, 0.15) is 11.4 Å². The van der Waals surface area contributed by atoms with E-state index in [4.69, 9.17) is 11.6 Å². The summed E-state index contributed by atoms with van der Waals surface area (Å²) < 4.78 is 3.13. The first-order chi connectivity index (χ1) is 10.7. The van der Waals surface area contributed by atoms with Crippen LogP contribution in [0, 0.1) is 0 Å². The molecular formula is C16H14ClN3OS. The first-order valence-corrected chi connectivity index (χ1v) is 8.31. The van der Waals surface area contributed by atoms with Gasteiger partial charge in [0.25, 0.3) is 0 Å². The summed E-state index contributed by atoms with van der Waals surface area (Å²) in [7, 11) is 0. The number of phenolic OH excluding ortho intramolecular Hbond substituents is 1. The van der Waals surface area contributed by atoms with Gasteiger partial charge >= 0.3 is 0 Å². The molecule has 1 aliphatic carbocycles. The van der Waals surface area contributed by atoms with Gasteiger partial charge in [-0.3, -0.25) is 4.72 Å². The molecule has 0 fully saturated rings. The van der Waals surface area contributed by atoms with E-state index in [0.29, 0.717) is 16.7 Å². The molecule has 0 saturated heterocycles. The molecule has 0 aromatic heterocycles. The van der Waals surface area contributed by atoms with Crippen LogP contribution in [0.15, 0.2) is 40.2 Å². The number of aliphatic imine (C=N–C) groups is 1. The molecule has 1 aliphatic heterocycles. The van der Waals surface area contributed by atoms with Gasteiger partial charge in [0.05, 0.1) is 4.90 Å². The fourth-order valence-electron chi connectivity index (χ4n) is 2.83. The van der Waals surface area contributed by atoms with Crippen molar-refractivity contribution in [3.63, 3.8) is 0 Å². The molecule has 0 radical (unpaired) electrons. The highest BCUT2D eigenvalue weighted by atomic mass is 35.5. The van der Waals surface area contributed by atoms with E-state index in [9.17, 15) is 5.11 Å². The molecule has 3 N–H and O–H groups in total. The number of halogens is 1. The van der Waals surface area contributed by atoms with Crippen LogP contribution in [-0.4, -0.2) is 11.1 Å². The molecule has 0 amide bonds. The number of guanidine groups is 1. The van der Waals surface area contributed by atoms with Gasteiger partial charge in [-0.1, -0.05) is 17.7 Å². The second kappa shape index (κ2) is 5.41. The number of rotatable bonds is 1. The number of nitrogens with zero attached hydrogens (tertiary/aromatic N) is 1. The summed E-state index contributed by atoms with van der Waals surface area (Å²) in [6.45, 7) is 0. The van der Waals surface area contributed by atoms with Crippen LogP contribution in [0.1, 0.15) is 17.5 Å². The second-order valence-corrected chi connectivity index (χ2v) is 6.68. The van der Waals surface area contributed by atoms with E-state index >= 15 is 0 Å². The Hall–Kier alpha value is -1.85. The van der Waals surface area contributed by atoms with Crippen molar-refractivity contribution >= 4 is 40.9 Å². The van der Waals surface area contributed by atoms with Crippen molar-refractivity contribution in [3.8, 4) is 5.75 Å². The molecule has 0 saturated carbocycles. The lowest BCUT2D eigenvalue weighted by molar-refractivity contribution is 0.475. The first-order valence-electron chi connectivity index (χ1n) is 7.12. The number of hydrogen-bond donors (Lipinski definition) is 3. The van der Waals surface area contributed by atoms with Gasteiger partial charge in [-0.05, 0) is 60.5 Å². The fraction of sp³-hybridized carbons (Fsp3) is 0.188. The largest absolute Gasteiger partial charge is 0.506 e. The second-order valence-electron chi connectivity index (χ2n) is 5.40. The highest BCUT2D eigenvalue weighted by molar-refractivity contribution is 7.98. The number of anilines is 1. The molecular weight excluding hydrogens is 318 g/mol. The minimum absolute atomic E-state index is 0.0877. The summed E-state index contributed by atoms with van der Waals surface area (Å²) in [5.41, 5.74) is 4.39. The molecule has 112 valence electrons. The highest BCUT2D eigenvalue weighted by Gasteiger charge is 2.18. The maximum absolute atomic E-state index is 9.99. The lowest BCUT2D eigenvalue weighted by atomic mass is 10.1. The molecule has 0 bridgehead atoms. The summed E-state index contributed by atoms with van der Waals surface area (Å²) in [6, 6.07) is 9.70. The van der Waals surface area contributed by atoms with Crippen molar-refractivity contribution in [1.29, 1.82) is 0 Å². The number of benzene rings is 2. The summed E-state index contributed by atoms with van der Waals surface area (Å²) in [5, 5.41) is 13.8. The standard InChI is InChI=1S/C16H14ClN3OS/c17-11-7-13(21)15-14(8-11)22-20-16(19-15)18-12-5-4-9-2-1-3-10(9)6-12/h4-8,21H,1-3H2,(H2,18,19,20). The zero-order valence-corrected chi connectivity index (χ0v) is 13.3. The number of aromatic hydroxyl groups is 1. The predicted octanol–water partition coefficient (Wildman–Crippen LogP) is 4.24. The summed E-state index contributed by atoms with van der Waals surface area (Å²) in [6.07, 6.45) is 3.55. The van der Waals surface area contributed by atoms with Crippen LogP contribution in [0.25, 0.3) is 0 Å². The van der Waals surface area contributed by atoms with E-state index in [2.05, 4.69) is 33.2 Å². The predicted molar refractivity (Wildman–Crippen MR) is 91.3 cm³/mol. The topological polar surface area (TPSA) is 56.7 Å². The fourth-order valence-corrected chi connectivity index (χ4v) is 3.84. The smallest absolute Gasteiger partial charge is 0.211 e. The molecule has 0 unspecified atom stereocenters. The lowest BCUT2D eigenvalue weighted by Crippen LogP contribution is -2.26. The van der Waals surface area contributed by atoms with Crippen molar-refractivity contribution in [1.82, 2.24) is 4.72 Å². The quantitative estimate of drug-likeness (QED) is 0.684. The molecule has 0 atom stereocenters. The third kappa shape index (κ3) is 2.51. The summed E-state index contributed by atoms with van der Waals surface area (Å²) >= 11 is 7.32. The Morgan fingerprint density at radius 3 is 2.95 bits per heavy atom. The van der Waals surface area contributed by atoms with Crippen LogP contribution < -0.4 is 10.0 Å². The number of hydrogen-bond acceptors (Lipinski definition) is 5. The molecule has 22 heavy (non-hydrogen) atoms. The Bertz CT molecular complexity index is 791. The molecule has 6 heteroatoms. The third-order valence-corrected chi connectivity index (χ3v) is 4.91. The Morgan fingerprint density at radius 1 is 1.18 bits per heavy atom. The zero-order chi connectivity index (χ0) is 15.1. The highest BCUT2D eigenvalue weighted by Crippen LogP contribution is 2.41. The van der Waals surface area contributed by atoms with Crippen LogP contribution >= 0.6 is 23.5 Å². The number of nitrogens with one attached hydrogen (secondary N) is 2. The van der Waals surface area contributed by atoms with Crippen molar-refractivity contribution in [2.45, 2.75) is 24.2 Å². The minimum Gasteiger partial charge on any atom is -0.506 e. The van der Waals surface area contributed by atoms with E-state index in [1.165, 1.54) is 42.0 Å². The summed E-state index contributed by atoms with van der Waals surface area (Å²) in [4.78, 5) is 5.25. The first kappa shape index (κ1) is 13.8. The Labute approximate surface area is 137 Å². The Balaban J connectivity index is 1.62. The van der Waals surface area contributed by atoms with E-state index in [1.54, 1.807) is 6.07 Å². The summed E-state index contributed by atoms with van der Waals surface area (Å²) in [5.74, 6) is 0.692. The van der Waals surface area contributed by atoms with Crippen LogP contribution in [0.4, 0.5) is 11.4 Å². The molecule has 2 aliphatic rings. The van der Waals surface area contributed by atoms with Crippen molar-refractivity contribution < 1.29 is 5.11 Å². The van der Waals surface area contributed by atoms with E-state index in [1.807, 2.05) is 0 Å². The van der Waals surface area contributed by atoms with Crippen LogP contribution in [0.5, 0.6) is 5.75 Å². The maximum atomic E-state index is 9.99. The van der Waals surface area contributed by atoms with Gasteiger partial charge in [0.15, 0.2) is 0 Å². The average Bonchev–Trinajstić information content (AvgIpc) is 2.95. The van der Waals surface area contributed by atoms with Crippen molar-refractivity contribution in [2.24, 2.45) is 4.99 Å². The van der Waals surface area contributed by atoms with Gasteiger partial charge in [0.2, 0.25) is 5.96 Å². The monoisotopic (exact) mass is 331 g/mol. The molecule has 4 rings (SSSR count). The van der Waals surface area contributed by atoms with Crippen molar-refractivity contribution in [3.05, 3.63) is 46.5 Å². The molecule has 2 aromatic carbocycles. The molecule has 4 nitrogen and oxygen atoms in total. The number of fused-ring (bicyclic) bond motifs is 2. The molecule has 2 aromatic rings. The Kier molecular flexibility index (Phi) is 3.39. The minimum atomic E-state index is 0.0877. The van der Waals surface area contributed by atoms with Crippen LogP contribution in [0.2, 0.25) is 5.02 Å². The van der Waals surface area contributed by atoms with Gasteiger partial charge < -0.3 is 10.4 Å². The van der Waals surface area contributed by atoms with Gasteiger partial charge in [0, 0.05) is 16.8 Å². The average molecular weight is 332 g/mol. The van der Waals surface area contributed by atoms with Gasteiger partial charge in [-0.2, -0.15) is 0 Å². The van der Waals surface area contributed by atoms with Crippen molar-refractivity contribution in [2.75, 3.05) is 5.32 Å². The van der Waals surface area contributed by atoms with E-state index < -0.39 is 0 Å².